The third kappa shape index (κ3) is 2.43. The molecule has 1 fully saturated rings. The predicted octanol–water partition coefficient (Wildman–Crippen LogP) is 0.537. The van der Waals surface area contributed by atoms with Gasteiger partial charge in [0.2, 0.25) is 5.91 Å². The number of morpholine rings is 1. The van der Waals surface area contributed by atoms with E-state index < -0.39 is 0 Å². The Balaban J connectivity index is 2.53. The van der Waals surface area contributed by atoms with Gasteiger partial charge >= 0.3 is 0 Å². The van der Waals surface area contributed by atoms with Crippen molar-refractivity contribution in [2.24, 2.45) is 0 Å². The predicted molar refractivity (Wildman–Crippen MR) is 46.8 cm³/mol. The minimum absolute atomic E-state index is 0.0637. The lowest BCUT2D eigenvalue weighted by atomic mass is 10.2. The third-order valence-electron chi connectivity index (χ3n) is 2.10. The molecule has 1 atom stereocenters. The van der Waals surface area contributed by atoms with Crippen LogP contribution in [0.2, 0.25) is 0 Å². The lowest BCUT2D eigenvalue weighted by Gasteiger charge is -2.31. The van der Waals surface area contributed by atoms with Crippen LogP contribution in [0.15, 0.2) is 0 Å². The van der Waals surface area contributed by atoms with E-state index in [0.29, 0.717) is 13.2 Å². The molecule has 13 heavy (non-hydrogen) atoms. The molecule has 0 radical (unpaired) electrons. The first-order valence-corrected chi connectivity index (χ1v) is 4.56. The second-order valence-electron chi connectivity index (χ2n) is 3.10. The smallest absolute Gasteiger partial charge is 0.249 e. The van der Waals surface area contributed by atoms with E-state index in [0.717, 1.165) is 12.8 Å². The maximum atomic E-state index is 11.3. The van der Waals surface area contributed by atoms with Crippen molar-refractivity contribution < 1.29 is 9.53 Å². The zero-order chi connectivity index (χ0) is 9.68. The molecule has 0 N–H and O–H groups in total. The molecule has 1 saturated heterocycles. The monoisotopic (exact) mass is 182 g/mol. The van der Waals surface area contributed by atoms with E-state index in [-0.39, 0.29) is 18.6 Å². The molecular weight excluding hydrogens is 168 g/mol. The minimum atomic E-state index is -0.382. The number of carbonyl (C=O) groups excluding carboxylic acids is 1. The highest BCUT2D eigenvalue weighted by molar-refractivity contribution is 5.78. The molecule has 0 bridgehead atoms. The molecule has 0 aromatic rings. The highest BCUT2D eigenvalue weighted by Gasteiger charge is 2.27. The van der Waals surface area contributed by atoms with Gasteiger partial charge in [0.15, 0.2) is 0 Å². The lowest BCUT2D eigenvalue weighted by Crippen LogP contribution is -2.48. The average Bonchev–Trinajstić information content (AvgIpc) is 2.15. The summed E-state index contributed by atoms with van der Waals surface area (Å²) in [6, 6.07) is 1.69. The second-order valence-corrected chi connectivity index (χ2v) is 3.10. The molecule has 1 amide bonds. The van der Waals surface area contributed by atoms with Gasteiger partial charge in [0.1, 0.15) is 12.6 Å². The SMILES string of the molecule is CCCCN1C(=O)COCC1C#N. The number of ether oxygens (including phenoxy) is 1. The van der Waals surface area contributed by atoms with Gasteiger partial charge in [-0.25, -0.2) is 0 Å². The van der Waals surface area contributed by atoms with Gasteiger partial charge in [0, 0.05) is 6.54 Å². The van der Waals surface area contributed by atoms with Crippen molar-refractivity contribution in [2.75, 3.05) is 19.8 Å². The first-order chi connectivity index (χ1) is 6.29. The van der Waals surface area contributed by atoms with Crippen molar-refractivity contribution in [1.82, 2.24) is 4.90 Å². The van der Waals surface area contributed by atoms with Crippen molar-refractivity contribution in [2.45, 2.75) is 25.8 Å². The van der Waals surface area contributed by atoms with Crippen LogP contribution < -0.4 is 0 Å². The summed E-state index contributed by atoms with van der Waals surface area (Å²) >= 11 is 0. The Morgan fingerprint density at radius 2 is 2.54 bits per heavy atom. The summed E-state index contributed by atoms with van der Waals surface area (Å²) in [6.45, 7) is 3.22. The van der Waals surface area contributed by atoms with E-state index >= 15 is 0 Å². The van der Waals surface area contributed by atoms with Gasteiger partial charge in [-0.2, -0.15) is 5.26 Å². The fraction of sp³-hybridized carbons (Fsp3) is 0.778. The third-order valence-corrected chi connectivity index (χ3v) is 2.10. The Labute approximate surface area is 78.1 Å². The maximum absolute atomic E-state index is 11.3. The second kappa shape index (κ2) is 4.83. The summed E-state index contributed by atoms with van der Waals surface area (Å²) in [5.74, 6) is -0.0637. The highest BCUT2D eigenvalue weighted by Crippen LogP contribution is 2.08. The summed E-state index contributed by atoms with van der Waals surface area (Å²) in [7, 11) is 0. The standard InChI is InChI=1S/C9H14N2O2/c1-2-3-4-11-8(5-10)6-13-7-9(11)12/h8H,2-4,6-7H2,1H3. The lowest BCUT2D eigenvalue weighted by molar-refractivity contribution is -0.145. The van der Waals surface area contributed by atoms with Gasteiger partial charge in [-0.15, -0.1) is 0 Å². The summed E-state index contributed by atoms with van der Waals surface area (Å²) in [5, 5.41) is 8.75. The van der Waals surface area contributed by atoms with Gasteiger partial charge in [0.25, 0.3) is 0 Å². The molecule has 4 nitrogen and oxygen atoms in total. The number of amides is 1. The van der Waals surface area contributed by atoms with E-state index in [1.807, 2.05) is 0 Å². The Morgan fingerprint density at radius 3 is 3.15 bits per heavy atom. The van der Waals surface area contributed by atoms with Crippen LogP contribution in [0.25, 0.3) is 0 Å². The van der Waals surface area contributed by atoms with Gasteiger partial charge in [-0.1, -0.05) is 13.3 Å². The molecule has 1 heterocycles. The van der Waals surface area contributed by atoms with Crippen LogP contribution in [-0.2, 0) is 9.53 Å². The van der Waals surface area contributed by atoms with Crippen LogP contribution in [0.3, 0.4) is 0 Å². The topological polar surface area (TPSA) is 53.3 Å². The molecule has 1 aliphatic rings. The van der Waals surface area contributed by atoms with Crippen molar-refractivity contribution >= 4 is 5.91 Å². The van der Waals surface area contributed by atoms with Gasteiger partial charge in [-0.3, -0.25) is 4.79 Å². The number of hydrogen-bond acceptors (Lipinski definition) is 3. The van der Waals surface area contributed by atoms with Crippen LogP contribution in [0.5, 0.6) is 0 Å². The summed E-state index contributed by atoms with van der Waals surface area (Å²) < 4.78 is 4.98. The first kappa shape index (κ1) is 10.0. The van der Waals surface area contributed by atoms with E-state index in [9.17, 15) is 4.79 Å². The number of hydrogen-bond donors (Lipinski definition) is 0. The highest BCUT2D eigenvalue weighted by atomic mass is 16.5. The van der Waals surface area contributed by atoms with Crippen molar-refractivity contribution in [3.8, 4) is 6.07 Å². The normalized spacial score (nSPS) is 22.9. The van der Waals surface area contributed by atoms with E-state index in [4.69, 9.17) is 10.00 Å². The molecule has 0 saturated carbocycles. The molecule has 1 rings (SSSR count). The van der Waals surface area contributed by atoms with Crippen LogP contribution in [0.4, 0.5) is 0 Å². The summed E-state index contributed by atoms with van der Waals surface area (Å²) in [5.41, 5.74) is 0. The average molecular weight is 182 g/mol. The molecule has 0 aromatic heterocycles. The van der Waals surface area contributed by atoms with E-state index in [1.165, 1.54) is 0 Å². The minimum Gasteiger partial charge on any atom is -0.368 e. The largest absolute Gasteiger partial charge is 0.368 e. The molecule has 0 aromatic carbocycles. The molecule has 4 heteroatoms. The van der Waals surface area contributed by atoms with Crippen LogP contribution in [0, 0.1) is 11.3 Å². The van der Waals surface area contributed by atoms with Gasteiger partial charge < -0.3 is 9.64 Å². The van der Waals surface area contributed by atoms with Crippen molar-refractivity contribution in [3.05, 3.63) is 0 Å². The summed E-state index contributed by atoms with van der Waals surface area (Å²) in [4.78, 5) is 12.9. The zero-order valence-electron chi connectivity index (χ0n) is 7.82. The molecule has 0 aliphatic carbocycles. The zero-order valence-corrected chi connectivity index (χ0v) is 7.82. The Kier molecular flexibility index (Phi) is 3.71. The number of unbranched alkanes of at least 4 members (excludes halogenated alkanes) is 1. The maximum Gasteiger partial charge on any atom is 0.249 e. The molecule has 1 aliphatic heterocycles. The Morgan fingerprint density at radius 1 is 1.77 bits per heavy atom. The van der Waals surface area contributed by atoms with Crippen LogP contribution >= 0.6 is 0 Å². The quantitative estimate of drug-likeness (QED) is 0.640. The Hall–Kier alpha value is -1.08. The molecule has 1 unspecified atom stereocenters. The van der Waals surface area contributed by atoms with Crippen molar-refractivity contribution in [1.29, 1.82) is 5.26 Å². The molecular formula is C9H14N2O2. The number of nitrogens with zero attached hydrogens (tertiary/aromatic N) is 2. The number of nitriles is 1. The van der Waals surface area contributed by atoms with Crippen molar-refractivity contribution in [3.63, 3.8) is 0 Å². The van der Waals surface area contributed by atoms with Crippen LogP contribution in [0.1, 0.15) is 19.8 Å². The fourth-order valence-electron chi connectivity index (χ4n) is 1.32. The molecule has 72 valence electrons. The first-order valence-electron chi connectivity index (χ1n) is 4.56. The summed E-state index contributed by atoms with van der Waals surface area (Å²) in [6.07, 6.45) is 1.98. The van der Waals surface area contributed by atoms with E-state index in [1.54, 1.807) is 4.90 Å². The number of rotatable bonds is 3. The number of carbonyl (C=O) groups is 1. The van der Waals surface area contributed by atoms with Gasteiger partial charge in [-0.05, 0) is 6.42 Å². The Bertz CT molecular complexity index is 222. The van der Waals surface area contributed by atoms with Gasteiger partial charge in [0.05, 0.1) is 12.7 Å². The van der Waals surface area contributed by atoms with Crippen LogP contribution in [-0.4, -0.2) is 36.6 Å². The molecule has 0 spiro atoms. The van der Waals surface area contributed by atoms with E-state index in [2.05, 4.69) is 13.0 Å². The fourth-order valence-corrected chi connectivity index (χ4v) is 1.32.